The second-order valence-corrected chi connectivity index (χ2v) is 5.71. The van der Waals surface area contributed by atoms with Gasteiger partial charge >= 0.3 is 5.69 Å². The molecule has 0 saturated heterocycles. The SMILES string of the molecule is CO[N+](=O)c1cc(Cl)c2c(c1C)CCN2C(=O)CN(C)C. The van der Waals surface area contributed by atoms with E-state index in [2.05, 4.69) is 0 Å². The largest absolute Gasteiger partial charge is 0.321 e. The Labute approximate surface area is 128 Å². The molecule has 0 fully saturated rings. The van der Waals surface area contributed by atoms with Gasteiger partial charge in [-0.2, -0.15) is 0 Å². The van der Waals surface area contributed by atoms with Crippen LogP contribution in [0.3, 0.4) is 0 Å². The molecular weight excluding hydrogens is 294 g/mol. The van der Waals surface area contributed by atoms with Crippen molar-refractivity contribution in [3.8, 4) is 0 Å². The van der Waals surface area contributed by atoms with E-state index < -0.39 is 0 Å². The van der Waals surface area contributed by atoms with Gasteiger partial charge in [-0.15, -0.1) is 0 Å². The second kappa shape index (κ2) is 5.99. The van der Waals surface area contributed by atoms with E-state index in [1.54, 1.807) is 11.0 Å². The number of nitrogens with zero attached hydrogens (tertiary/aromatic N) is 3. The lowest BCUT2D eigenvalue weighted by atomic mass is 10.0. The van der Waals surface area contributed by atoms with E-state index in [1.807, 2.05) is 25.9 Å². The molecule has 0 aromatic heterocycles. The fraction of sp³-hybridized carbons (Fsp3) is 0.500. The number of rotatable bonds is 4. The number of likely N-dealkylation sites (N-methyl/N-ethyl adjacent to an activating group) is 1. The molecule has 1 aliphatic heterocycles. The maximum Gasteiger partial charge on any atom is 0.321 e. The quantitative estimate of drug-likeness (QED) is 0.799. The third kappa shape index (κ3) is 2.87. The first-order valence-corrected chi connectivity index (χ1v) is 7.03. The Morgan fingerprint density at radius 3 is 2.76 bits per heavy atom. The summed E-state index contributed by atoms with van der Waals surface area (Å²) < 4.78 is 0. The van der Waals surface area contributed by atoms with Crippen molar-refractivity contribution in [3.63, 3.8) is 0 Å². The minimum Gasteiger partial charge on any atom is -0.309 e. The molecule has 0 bridgehead atoms. The third-order valence-electron chi connectivity index (χ3n) is 3.58. The summed E-state index contributed by atoms with van der Waals surface area (Å²) in [6, 6.07) is 1.55. The molecule has 0 radical (unpaired) electrons. The second-order valence-electron chi connectivity index (χ2n) is 5.30. The summed E-state index contributed by atoms with van der Waals surface area (Å²) in [5, 5.41) is 0.396. The van der Waals surface area contributed by atoms with E-state index in [4.69, 9.17) is 16.4 Å². The van der Waals surface area contributed by atoms with Gasteiger partial charge in [-0.25, -0.2) is 4.84 Å². The van der Waals surface area contributed by atoms with Crippen molar-refractivity contribution in [1.82, 2.24) is 4.90 Å². The molecule has 21 heavy (non-hydrogen) atoms. The summed E-state index contributed by atoms with van der Waals surface area (Å²) in [5.41, 5.74) is 2.83. The molecule has 0 atom stereocenters. The van der Waals surface area contributed by atoms with Crippen LogP contribution in [0.1, 0.15) is 11.1 Å². The van der Waals surface area contributed by atoms with Crippen LogP contribution in [-0.2, 0) is 16.1 Å². The molecule has 0 aliphatic carbocycles. The lowest BCUT2D eigenvalue weighted by Crippen LogP contribution is -2.36. The van der Waals surface area contributed by atoms with Crippen LogP contribution in [0.5, 0.6) is 0 Å². The first-order valence-electron chi connectivity index (χ1n) is 6.65. The average molecular weight is 313 g/mol. The first kappa shape index (κ1) is 15.7. The lowest BCUT2D eigenvalue weighted by molar-refractivity contribution is -0.737. The van der Waals surface area contributed by atoms with E-state index in [0.29, 0.717) is 40.8 Å². The number of halogens is 1. The molecule has 0 spiro atoms. The summed E-state index contributed by atoms with van der Waals surface area (Å²) in [5.74, 6) is -0.00137. The van der Waals surface area contributed by atoms with Crippen LogP contribution in [0.25, 0.3) is 0 Å². The zero-order valence-electron chi connectivity index (χ0n) is 12.6. The van der Waals surface area contributed by atoms with Crippen molar-refractivity contribution in [1.29, 1.82) is 0 Å². The molecule has 6 nitrogen and oxygen atoms in total. The van der Waals surface area contributed by atoms with Crippen LogP contribution in [0, 0.1) is 11.8 Å². The minimum absolute atomic E-state index is 0.00137. The number of fused-ring (bicyclic) bond motifs is 1. The molecule has 7 heteroatoms. The number of carbonyl (C=O) groups excluding carboxylic acids is 1. The summed E-state index contributed by atoms with van der Waals surface area (Å²) >= 11 is 6.29. The van der Waals surface area contributed by atoms with Gasteiger partial charge in [0.2, 0.25) is 5.91 Å². The molecular formula is C14H19ClN3O3+. The highest BCUT2D eigenvalue weighted by Crippen LogP contribution is 2.41. The summed E-state index contributed by atoms with van der Waals surface area (Å²) in [6.45, 7) is 2.74. The zero-order chi connectivity index (χ0) is 15.7. The number of amides is 1. The number of benzene rings is 1. The summed E-state index contributed by atoms with van der Waals surface area (Å²) in [4.78, 5) is 32.6. The Morgan fingerprint density at radius 2 is 2.19 bits per heavy atom. The number of hydrogen-bond donors (Lipinski definition) is 0. The van der Waals surface area contributed by atoms with Gasteiger partial charge in [0.25, 0.3) is 4.92 Å². The van der Waals surface area contributed by atoms with Gasteiger partial charge < -0.3 is 9.80 Å². The van der Waals surface area contributed by atoms with E-state index >= 15 is 0 Å². The van der Waals surface area contributed by atoms with Gasteiger partial charge in [-0.1, -0.05) is 11.6 Å². The van der Waals surface area contributed by atoms with Gasteiger partial charge in [-0.05, 0) is 33.0 Å². The predicted octanol–water partition coefficient (Wildman–Crippen LogP) is 2.07. The van der Waals surface area contributed by atoms with Crippen LogP contribution >= 0.6 is 11.6 Å². The van der Waals surface area contributed by atoms with Crippen LogP contribution in [0.4, 0.5) is 11.4 Å². The highest BCUT2D eigenvalue weighted by Gasteiger charge is 2.33. The normalized spacial score (nSPS) is 13.5. The van der Waals surface area contributed by atoms with Crippen molar-refractivity contribution in [2.45, 2.75) is 13.3 Å². The Bertz CT molecular complexity index is 602. The predicted molar refractivity (Wildman–Crippen MR) is 81.1 cm³/mol. The van der Waals surface area contributed by atoms with Crippen LogP contribution in [0.15, 0.2) is 6.07 Å². The standard InChI is InChI=1S/C14H19ClN3O3/c1-9-10-5-6-17(13(19)8-16(2)3)14(10)11(15)7-12(9)18(20)21-4/h7H,5-6,8H2,1-4H3/q+1. The van der Waals surface area contributed by atoms with Crippen molar-refractivity contribution in [2.24, 2.45) is 0 Å². The number of anilines is 1. The Morgan fingerprint density at radius 1 is 1.52 bits per heavy atom. The fourth-order valence-electron chi connectivity index (χ4n) is 2.60. The smallest absolute Gasteiger partial charge is 0.309 e. The first-order chi connectivity index (χ1) is 9.86. The zero-order valence-corrected chi connectivity index (χ0v) is 13.4. The maximum atomic E-state index is 12.3. The molecule has 0 saturated carbocycles. The van der Waals surface area contributed by atoms with E-state index in [1.165, 1.54) is 7.11 Å². The van der Waals surface area contributed by atoms with E-state index in [0.717, 1.165) is 11.1 Å². The number of carbonyl (C=O) groups is 1. The third-order valence-corrected chi connectivity index (χ3v) is 3.87. The molecule has 0 unspecified atom stereocenters. The van der Waals surface area contributed by atoms with Crippen molar-refractivity contribution in [3.05, 3.63) is 27.1 Å². The Kier molecular flexibility index (Phi) is 4.49. The highest BCUT2D eigenvalue weighted by molar-refractivity contribution is 6.34. The van der Waals surface area contributed by atoms with E-state index in [-0.39, 0.29) is 5.91 Å². The van der Waals surface area contributed by atoms with E-state index in [9.17, 15) is 9.70 Å². The monoisotopic (exact) mass is 312 g/mol. The van der Waals surface area contributed by atoms with Crippen molar-refractivity contribution < 1.29 is 14.6 Å². The molecule has 1 amide bonds. The molecule has 1 aromatic carbocycles. The molecule has 1 aliphatic rings. The number of hydrogen-bond acceptors (Lipinski definition) is 4. The van der Waals surface area contributed by atoms with Gasteiger partial charge in [0.05, 0.1) is 22.2 Å². The van der Waals surface area contributed by atoms with Crippen molar-refractivity contribution >= 4 is 28.9 Å². The molecule has 0 N–H and O–H groups in total. The molecule has 1 aromatic rings. The van der Waals surface area contributed by atoms with Gasteiger partial charge in [0, 0.05) is 18.2 Å². The fourth-order valence-corrected chi connectivity index (χ4v) is 2.92. The summed E-state index contributed by atoms with van der Waals surface area (Å²) in [6.07, 6.45) is 0.686. The van der Waals surface area contributed by atoms with Crippen LogP contribution < -0.4 is 4.90 Å². The topological polar surface area (TPSA) is 52.9 Å². The lowest BCUT2D eigenvalue weighted by Gasteiger charge is -2.20. The van der Waals surface area contributed by atoms with Gasteiger partial charge in [0.15, 0.2) is 7.11 Å². The minimum atomic E-state index is -0.00137. The average Bonchev–Trinajstić information content (AvgIpc) is 2.86. The Balaban J connectivity index is 2.44. The van der Waals surface area contributed by atoms with Crippen LogP contribution in [0.2, 0.25) is 5.02 Å². The highest BCUT2D eigenvalue weighted by atomic mass is 35.5. The van der Waals surface area contributed by atoms with Gasteiger partial charge in [0.1, 0.15) is 0 Å². The summed E-state index contributed by atoms with van der Waals surface area (Å²) in [7, 11) is 5.00. The maximum absolute atomic E-state index is 12.3. The van der Waals surface area contributed by atoms with Gasteiger partial charge in [-0.3, -0.25) is 4.79 Å². The van der Waals surface area contributed by atoms with Crippen molar-refractivity contribution in [2.75, 3.05) is 39.2 Å². The molecule has 114 valence electrons. The Hall–Kier alpha value is -1.66. The molecule has 1 heterocycles. The molecule has 2 rings (SSSR count). The van der Waals surface area contributed by atoms with Crippen LogP contribution in [-0.4, -0.2) is 50.0 Å².